The smallest absolute Gasteiger partial charge is 0.197 e. The van der Waals surface area contributed by atoms with E-state index in [-0.39, 0.29) is 0 Å². The Morgan fingerprint density at radius 1 is 1.10 bits per heavy atom. The van der Waals surface area contributed by atoms with E-state index < -0.39 is 0 Å². The first kappa shape index (κ1) is 28.2. The van der Waals surface area contributed by atoms with E-state index in [0.29, 0.717) is 23.4 Å². The maximum Gasteiger partial charge on any atom is 0.197 e. The monoisotopic (exact) mass is 557 g/mol. The number of hydrogen-bond acceptors (Lipinski definition) is 6. The molecule has 6 rings (SSSR count). The third-order valence-electron chi connectivity index (χ3n) is 9.78. The van der Waals surface area contributed by atoms with E-state index in [1.54, 1.807) is 18.0 Å². The van der Waals surface area contributed by atoms with Crippen molar-refractivity contribution >= 4 is 16.7 Å². The van der Waals surface area contributed by atoms with Crippen molar-refractivity contribution in [1.29, 1.82) is 0 Å². The molecule has 8 heteroatoms. The van der Waals surface area contributed by atoms with Gasteiger partial charge in [0, 0.05) is 43.5 Å². The van der Waals surface area contributed by atoms with Gasteiger partial charge >= 0.3 is 0 Å². The normalized spacial score (nSPS) is 23.3. The zero-order valence-electron chi connectivity index (χ0n) is 26.0. The molecule has 5 heterocycles. The van der Waals surface area contributed by atoms with E-state index in [1.165, 1.54) is 68.4 Å². The first-order valence-electron chi connectivity index (χ1n) is 15.6. The number of likely N-dealkylation sites (tertiary alicyclic amines) is 2. The van der Waals surface area contributed by atoms with Crippen molar-refractivity contribution in [2.75, 3.05) is 26.7 Å². The van der Waals surface area contributed by atoms with E-state index in [4.69, 9.17) is 9.72 Å². The summed E-state index contributed by atoms with van der Waals surface area (Å²) < 4.78 is 9.59. The number of piperidine rings is 2. The highest BCUT2D eigenvalue weighted by atomic mass is 16.5. The number of fused-ring (bicyclic) bond motifs is 2. The summed E-state index contributed by atoms with van der Waals surface area (Å²) in [5.74, 6) is 2.94. The highest BCUT2D eigenvalue weighted by Gasteiger charge is 2.36. The van der Waals surface area contributed by atoms with Gasteiger partial charge in [-0.05, 0) is 94.1 Å². The first-order valence-corrected chi connectivity index (χ1v) is 15.6. The van der Waals surface area contributed by atoms with Crippen LogP contribution in [-0.2, 0) is 7.05 Å². The second-order valence-corrected chi connectivity index (χ2v) is 13.0. The fourth-order valence-electron chi connectivity index (χ4n) is 7.63. The largest absolute Gasteiger partial charge is 0.493 e. The molecule has 0 aliphatic carbocycles. The van der Waals surface area contributed by atoms with Gasteiger partial charge in [-0.1, -0.05) is 26.8 Å². The SMILES string of the molecule is CCC1CC(N2CCC(c3cc(C)c4nc(-c5cc(OC)c6ncnn6c5)n(C)c4c3)CC2)CC(C)N1CC(C)C. The molecule has 2 aliphatic heterocycles. The Hall–Kier alpha value is -2.97. The zero-order chi connectivity index (χ0) is 28.8. The molecule has 3 unspecified atom stereocenters. The van der Waals surface area contributed by atoms with Crippen molar-refractivity contribution in [2.45, 2.75) is 90.8 Å². The van der Waals surface area contributed by atoms with E-state index in [1.807, 2.05) is 12.3 Å². The molecule has 2 saturated heterocycles. The maximum absolute atomic E-state index is 5.61. The van der Waals surface area contributed by atoms with Gasteiger partial charge in [-0.2, -0.15) is 5.10 Å². The number of aryl methyl sites for hydroxylation is 2. The second-order valence-electron chi connectivity index (χ2n) is 13.0. The summed E-state index contributed by atoms with van der Waals surface area (Å²) in [6, 6.07) is 8.91. The average Bonchev–Trinajstić information content (AvgIpc) is 3.58. The second kappa shape index (κ2) is 11.4. The van der Waals surface area contributed by atoms with E-state index in [9.17, 15) is 0 Å². The Balaban J connectivity index is 1.20. The lowest BCUT2D eigenvalue weighted by molar-refractivity contribution is 0.0113. The molecule has 3 aromatic heterocycles. The van der Waals surface area contributed by atoms with Crippen LogP contribution in [-0.4, -0.2) is 78.8 Å². The molecule has 0 spiro atoms. The van der Waals surface area contributed by atoms with Crippen molar-refractivity contribution in [3.63, 3.8) is 0 Å². The summed E-state index contributed by atoms with van der Waals surface area (Å²) in [7, 11) is 3.79. The van der Waals surface area contributed by atoms with Gasteiger partial charge in [0.1, 0.15) is 12.2 Å². The summed E-state index contributed by atoms with van der Waals surface area (Å²) >= 11 is 0. The Labute approximate surface area is 244 Å². The zero-order valence-corrected chi connectivity index (χ0v) is 26.0. The van der Waals surface area contributed by atoms with Gasteiger partial charge in [-0.3, -0.25) is 4.90 Å². The van der Waals surface area contributed by atoms with Crippen LogP contribution < -0.4 is 4.74 Å². The number of nitrogens with zero attached hydrogens (tertiary/aromatic N) is 7. The van der Waals surface area contributed by atoms with Crippen LogP contribution in [0.25, 0.3) is 28.1 Å². The molecule has 8 nitrogen and oxygen atoms in total. The minimum atomic E-state index is 0.597. The highest BCUT2D eigenvalue weighted by molar-refractivity contribution is 5.84. The predicted octanol–water partition coefficient (Wildman–Crippen LogP) is 6.07. The van der Waals surface area contributed by atoms with Crippen molar-refractivity contribution in [3.8, 4) is 17.1 Å². The average molecular weight is 558 g/mol. The number of ether oxygens (including phenoxy) is 1. The fraction of sp³-hybridized carbons (Fsp3) is 0.606. The molecule has 0 amide bonds. The molecule has 1 aromatic carbocycles. The summed E-state index contributed by atoms with van der Waals surface area (Å²) in [6.07, 6.45) is 9.89. The van der Waals surface area contributed by atoms with E-state index in [2.05, 4.69) is 78.2 Å². The Bertz CT molecular complexity index is 1510. The van der Waals surface area contributed by atoms with Crippen LogP contribution in [0, 0.1) is 12.8 Å². The summed E-state index contributed by atoms with van der Waals surface area (Å²) in [5.41, 5.74) is 6.63. The number of pyridine rings is 1. The van der Waals surface area contributed by atoms with E-state index >= 15 is 0 Å². The van der Waals surface area contributed by atoms with Crippen LogP contribution in [0.4, 0.5) is 0 Å². The molecular weight excluding hydrogens is 510 g/mol. The van der Waals surface area contributed by atoms with Gasteiger partial charge in [0.05, 0.1) is 18.1 Å². The third kappa shape index (κ3) is 5.25. The summed E-state index contributed by atoms with van der Waals surface area (Å²) in [6.45, 7) is 15.4. The molecule has 3 atom stereocenters. The van der Waals surface area contributed by atoms with Gasteiger partial charge < -0.3 is 14.2 Å². The number of benzene rings is 1. The Kier molecular flexibility index (Phi) is 7.81. The van der Waals surface area contributed by atoms with Gasteiger partial charge in [0.2, 0.25) is 0 Å². The van der Waals surface area contributed by atoms with Crippen LogP contribution >= 0.6 is 0 Å². The van der Waals surface area contributed by atoms with Crippen molar-refractivity contribution in [3.05, 3.63) is 41.9 Å². The quantitative estimate of drug-likeness (QED) is 0.275. The lowest BCUT2D eigenvalue weighted by Crippen LogP contribution is -2.55. The molecule has 0 saturated carbocycles. The minimum Gasteiger partial charge on any atom is -0.493 e. The minimum absolute atomic E-state index is 0.597. The van der Waals surface area contributed by atoms with Gasteiger partial charge in [0.15, 0.2) is 11.4 Å². The van der Waals surface area contributed by atoms with Crippen LogP contribution in [0.2, 0.25) is 0 Å². The number of methoxy groups -OCH3 is 1. The summed E-state index contributed by atoms with van der Waals surface area (Å²) in [5, 5.41) is 4.34. The molecule has 2 fully saturated rings. The molecule has 0 radical (unpaired) electrons. The van der Waals surface area contributed by atoms with Crippen LogP contribution in [0.15, 0.2) is 30.7 Å². The molecule has 4 aromatic rings. The van der Waals surface area contributed by atoms with Gasteiger partial charge in [0.25, 0.3) is 0 Å². The third-order valence-corrected chi connectivity index (χ3v) is 9.78. The van der Waals surface area contributed by atoms with Crippen molar-refractivity contribution < 1.29 is 4.74 Å². The molecule has 220 valence electrons. The van der Waals surface area contributed by atoms with E-state index in [0.717, 1.165) is 34.9 Å². The summed E-state index contributed by atoms with van der Waals surface area (Å²) in [4.78, 5) is 15.0. The number of aromatic nitrogens is 5. The van der Waals surface area contributed by atoms with Crippen molar-refractivity contribution in [2.24, 2.45) is 13.0 Å². The predicted molar refractivity (Wildman–Crippen MR) is 166 cm³/mol. The van der Waals surface area contributed by atoms with Crippen LogP contribution in [0.3, 0.4) is 0 Å². The van der Waals surface area contributed by atoms with Crippen LogP contribution in [0.1, 0.15) is 76.8 Å². The number of rotatable bonds is 7. The maximum atomic E-state index is 5.61. The molecule has 0 N–H and O–H groups in total. The fourth-order valence-corrected chi connectivity index (χ4v) is 7.63. The molecule has 0 bridgehead atoms. The van der Waals surface area contributed by atoms with Crippen molar-refractivity contribution in [1.82, 2.24) is 33.9 Å². The lowest BCUT2D eigenvalue weighted by Gasteiger charge is -2.49. The molecular formula is C33H47N7O. The topological polar surface area (TPSA) is 63.7 Å². The van der Waals surface area contributed by atoms with Crippen LogP contribution in [0.5, 0.6) is 5.75 Å². The first-order chi connectivity index (χ1) is 19.8. The molecule has 41 heavy (non-hydrogen) atoms. The number of hydrogen-bond donors (Lipinski definition) is 0. The Morgan fingerprint density at radius 3 is 2.59 bits per heavy atom. The molecule has 2 aliphatic rings. The van der Waals surface area contributed by atoms with Gasteiger partial charge in [-0.25, -0.2) is 14.5 Å². The lowest BCUT2D eigenvalue weighted by atomic mass is 9.84. The Morgan fingerprint density at radius 2 is 1.88 bits per heavy atom. The standard InChI is InChI=1S/C33H47N7O/c1-8-27-17-28(14-23(5)39(27)18-21(2)3)38-11-9-24(10-12-38)25-13-22(4)31-29(15-25)37(6)32(36-31)26-16-30(41-7)33-34-20-35-40(33)19-26/h13,15-16,19-21,23-24,27-28H,8-12,14,17-18H2,1-7H3. The van der Waals surface area contributed by atoms with Gasteiger partial charge in [-0.15, -0.1) is 0 Å². The highest BCUT2D eigenvalue weighted by Crippen LogP contribution is 2.37. The number of imidazole rings is 1.